The molecule has 0 aromatic heterocycles. The number of amides is 1. The van der Waals surface area contributed by atoms with Crippen molar-refractivity contribution < 1.29 is 14.3 Å². The zero-order valence-electron chi connectivity index (χ0n) is 12.2. The molecule has 0 heterocycles. The molecule has 1 aromatic rings. The van der Waals surface area contributed by atoms with Crippen LogP contribution in [0.4, 0.5) is 0 Å². The molecule has 0 bridgehead atoms. The van der Waals surface area contributed by atoms with Gasteiger partial charge in [-0.05, 0) is 25.0 Å². The van der Waals surface area contributed by atoms with Crippen molar-refractivity contribution in [2.75, 3.05) is 6.54 Å². The van der Waals surface area contributed by atoms with Crippen LogP contribution in [0, 0.1) is 5.92 Å². The van der Waals surface area contributed by atoms with Crippen LogP contribution in [0.5, 0.6) is 0 Å². The molecule has 120 valence electrons. The lowest BCUT2D eigenvalue weighted by Gasteiger charge is -2.20. The first kappa shape index (κ1) is 17.1. The Morgan fingerprint density at radius 3 is 2.41 bits per heavy atom. The zero-order valence-corrected chi connectivity index (χ0v) is 13.8. The van der Waals surface area contributed by atoms with Crippen molar-refractivity contribution in [3.63, 3.8) is 0 Å². The van der Waals surface area contributed by atoms with Crippen LogP contribution < -0.4 is 5.32 Å². The molecule has 6 heteroatoms. The molecule has 0 unspecified atom stereocenters. The molecule has 0 radical (unpaired) electrons. The Hall–Kier alpha value is -1.26. The van der Waals surface area contributed by atoms with Gasteiger partial charge in [0.15, 0.2) is 0 Å². The first-order valence-electron chi connectivity index (χ1n) is 7.44. The van der Waals surface area contributed by atoms with Gasteiger partial charge in [-0.3, -0.25) is 9.59 Å². The molecular formula is C16H19Cl2NO3. The number of rotatable bonds is 5. The van der Waals surface area contributed by atoms with E-state index >= 15 is 0 Å². The summed E-state index contributed by atoms with van der Waals surface area (Å²) in [7, 11) is 0. The molecule has 1 fully saturated rings. The maximum Gasteiger partial charge on any atom is 0.325 e. The van der Waals surface area contributed by atoms with Crippen molar-refractivity contribution >= 4 is 35.1 Å². The van der Waals surface area contributed by atoms with Crippen molar-refractivity contribution in [2.24, 2.45) is 5.92 Å². The minimum Gasteiger partial charge on any atom is -0.459 e. The maximum absolute atomic E-state index is 11.9. The van der Waals surface area contributed by atoms with Gasteiger partial charge >= 0.3 is 5.97 Å². The van der Waals surface area contributed by atoms with Crippen molar-refractivity contribution in [3.05, 3.63) is 33.8 Å². The number of esters is 1. The Labute approximate surface area is 140 Å². The highest BCUT2D eigenvalue weighted by molar-refractivity contribution is 6.35. The zero-order chi connectivity index (χ0) is 15.9. The largest absolute Gasteiger partial charge is 0.459 e. The standard InChI is InChI=1S/C16H19Cl2NO3/c17-13-7-4-8-14(18)12(13)10-22-15(20)9-19-16(21)11-5-2-1-3-6-11/h4,7-8,11H,1-3,5-6,9-10H2,(H,19,21). The third-order valence-corrected chi connectivity index (χ3v) is 4.53. The summed E-state index contributed by atoms with van der Waals surface area (Å²) in [5.74, 6) is -0.535. The van der Waals surface area contributed by atoms with Gasteiger partial charge in [-0.25, -0.2) is 0 Å². The fourth-order valence-corrected chi connectivity index (χ4v) is 3.05. The average Bonchev–Trinajstić information content (AvgIpc) is 2.53. The van der Waals surface area contributed by atoms with Crippen molar-refractivity contribution in [2.45, 2.75) is 38.7 Å². The monoisotopic (exact) mass is 343 g/mol. The third-order valence-electron chi connectivity index (χ3n) is 3.82. The third kappa shape index (κ3) is 4.89. The SMILES string of the molecule is O=C(CNC(=O)C1CCCCC1)OCc1c(Cl)cccc1Cl. The Balaban J connectivity index is 1.75. The van der Waals surface area contributed by atoms with Gasteiger partial charge < -0.3 is 10.1 Å². The normalized spacial score (nSPS) is 15.4. The Morgan fingerprint density at radius 2 is 1.77 bits per heavy atom. The van der Waals surface area contributed by atoms with E-state index in [4.69, 9.17) is 27.9 Å². The first-order chi connectivity index (χ1) is 10.6. The van der Waals surface area contributed by atoms with E-state index in [1.54, 1.807) is 18.2 Å². The molecule has 0 spiro atoms. The second kappa shape index (κ2) is 8.39. The van der Waals surface area contributed by atoms with E-state index in [0.717, 1.165) is 25.7 Å². The summed E-state index contributed by atoms with van der Waals surface area (Å²) in [6.07, 6.45) is 5.14. The first-order valence-corrected chi connectivity index (χ1v) is 8.19. The summed E-state index contributed by atoms with van der Waals surface area (Å²) in [5.41, 5.74) is 0.567. The van der Waals surface area contributed by atoms with Crippen molar-refractivity contribution in [3.8, 4) is 0 Å². The number of hydrogen-bond donors (Lipinski definition) is 1. The summed E-state index contributed by atoms with van der Waals surface area (Å²) in [6, 6.07) is 5.09. The molecule has 1 aliphatic carbocycles. The lowest BCUT2D eigenvalue weighted by molar-refractivity contribution is -0.145. The Bertz CT molecular complexity index is 522. The number of hydrogen-bond acceptors (Lipinski definition) is 3. The summed E-state index contributed by atoms with van der Waals surface area (Å²) in [5, 5.41) is 3.54. The topological polar surface area (TPSA) is 55.4 Å². The molecule has 1 aromatic carbocycles. The van der Waals surface area contributed by atoms with Crippen LogP contribution in [0.2, 0.25) is 10.0 Å². The molecule has 1 amide bonds. The van der Waals surface area contributed by atoms with Gasteiger partial charge in [0.25, 0.3) is 0 Å². The van der Waals surface area contributed by atoms with Gasteiger partial charge in [-0.2, -0.15) is 0 Å². The van der Waals surface area contributed by atoms with Crippen LogP contribution in [-0.4, -0.2) is 18.4 Å². The van der Waals surface area contributed by atoms with Crippen LogP contribution in [-0.2, 0) is 20.9 Å². The lowest BCUT2D eigenvalue weighted by Crippen LogP contribution is -2.36. The molecule has 4 nitrogen and oxygen atoms in total. The van der Waals surface area contributed by atoms with Gasteiger partial charge in [0.05, 0.1) is 0 Å². The van der Waals surface area contributed by atoms with E-state index in [2.05, 4.69) is 5.32 Å². The Morgan fingerprint density at radius 1 is 1.14 bits per heavy atom. The van der Waals surface area contributed by atoms with E-state index in [1.807, 2.05) is 0 Å². The van der Waals surface area contributed by atoms with Gasteiger partial charge in [0, 0.05) is 21.5 Å². The number of carbonyl (C=O) groups excluding carboxylic acids is 2. The van der Waals surface area contributed by atoms with E-state index in [-0.39, 0.29) is 25.0 Å². The highest BCUT2D eigenvalue weighted by Crippen LogP contribution is 2.25. The van der Waals surface area contributed by atoms with Gasteiger partial charge in [0.2, 0.25) is 5.91 Å². The molecule has 0 atom stereocenters. The predicted octanol–water partition coefficient (Wildman–Crippen LogP) is 3.73. The van der Waals surface area contributed by atoms with Gasteiger partial charge in [0.1, 0.15) is 13.2 Å². The molecule has 1 aliphatic rings. The quantitative estimate of drug-likeness (QED) is 0.828. The molecular weight excluding hydrogens is 325 g/mol. The van der Waals surface area contributed by atoms with E-state index in [0.29, 0.717) is 15.6 Å². The van der Waals surface area contributed by atoms with Gasteiger partial charge in [-0.1, -0.05) is 48.5 Å². The second-order valence-corrected chi connectivity index (χ2v) is 6.23. The predicted molar refractivity (Wildman–Crippen MR) is 85.8 cm³/mol. The smallest absolute Gasteiger partial charge is 0.325 e. The van der Waals surface area contributed by atoms with Crippen LogP contribution in [0.1, 0.15) is 37.7 Å². The number of carbonyl (C=O) groups is 2. The van der Waals surface area contributed by atoms with Crippen LogP contribution in [0.25, 0.3) is 0 Å². The van der Waals surface area contributed by atoms with Crippen LogP contribution in [0.3, 0.4) is 0 Å². The molecule has 0 saturated heterocycles. The van der Waals surface area contributed by atoms with Crippen LogP contribution >= 0.6 is 23.2 Å². The minimum absolute atomic E-state index is 0.00333. The highest BCUT2D eigenvalue weighted by atomic mass is 35.5. The lowest BCUT2D eigenvalue weighted by atomic mass is 9.89. The fraction of sp³-hybridized carbons (Fsp3) is 0.500. The minimum atomic E-state index is -0.500. The summed E-state index contributed by atoms with van der Waals surface area (Å²) >= 11 is 12.0. The van der Waals surface area contributed by atoms with E-state index in [9.17, 15) is 9.59 Å². The van der Waals surface area contributed by atoms with Crippen molar-refractivity contribution in [1.29, 1.82) is 0 Å². The maximum atomic E-state index is 11.9. The van der Waals surface area contributed by atoms with E-state index < -0.39 is 5.97 Å². The van der Waals surface area contributed by atoms with Gasteiger partial charge in [-0.15, -0.1) is 0 Å². The number of halogens is 2. The number of ether oxygens (including phenoxy) is 1. The van der Waals surface area contributed by atoms with Crippen molar-refractivity contribution in [1.82, 2.24) is 5.32 Å². The molecule has 1 N–H and O–H groups in total. The Kier molecular flexibility index (Phi) is 6.52. The highest BCUT2D eigenvalue weighted by Gasteiger charge is 2.21. The van der Waals surface area contributed by atoms with Crippen LogP contribution in [0.15, 0.2) is 18.2 Å². The summed E-state index contributed by atoms with van der Waals surface area (Å²) < 4.78 is 5.10. The molecule has 2 rings (SSSR count). The molecule has 22 heavy (non-hydrogen) atoms. The second-order valence-electron chi connectivity index (χ2n) is 5.41. The van der Waals surface area contributed by atoms with E-state index in [1.165, 1.54) is 6.42 Å². The average molecular weight is 344 g/mol. The molecule has 0 aliphatic heterocycles. The summed E-state index contributed by atoms with van der Waals surface area (Å²) in [4.78, 5) is 23.6. The number of benzene rings is 1. The molecule has 1 saturated carbocycles. The number of nitrogens with one attached hydrogen (secondary N) is 1. The summed E-state index contributed by atoms with van der Waals surface area (Å²) in [6.45, 7) is -0.131. The fourth-order valence-electron chi connectivity index (χ4n) is 2.54.